The highest BCUT2D eigenvalue weighted by Gasteiger charge is 1.97. The van der Waals surface area contributed by atoms with Crippen LogP contribution in [0, 0.1) is 12.3 Å². The zero-order valence-corrected chi connectivity index (χ0v) is 6.70. The smallest absolute Gasteiger partial charge is 0.150 e. The van der Waals surface area contributed by atoms with Crippen LogP contribution >= 0.6 is 0 Å². The topological polar surface area (TPSA) is 26.3 Å². The maximum Gasteiger partial charge on any atom is 0.150 e. The van der Waals surface area contributed by atoms with Crippen molar-refractivity contribution in [3.8, 4) is 18.1 Å². The van der Waals surface area contributed by atoms with Gasteiger partial charge in [-0.3, -0.25) is 4.79 Å². The first-order valence-corrected chi connectivity index (χ1v) is 3.41. The molecule has 60 valence electrons. The van der Waals surface area contributed by atoms with Crippen LogP contribution in [0.15, 0.2) is 18.2 Å². The minimum atomic E-state index is 0.530. The van der Waals surface area contributed by atoms with Gasteiger partial charge in [0.2, 0.25) is 0 Å². The molecule has 0 atom stereocenters. The average Bonchev–Trinajstić information content (AvgIpc) is 2.16. The third-order valence-corrected chi connectivity index (χ3v) is 1.47. The second-order valence-corrected chi connectivity index (χ2v) is 2.26. The lowest BCUT2D eigenvalue weighted by Crippen LogP contribution is -1.87. The van der Waals surface area contributed by atoms with Crippen molar-refractivity contribution in [1.82, 2.24) is 0 Å². The minimum absolute atomic E-state index is 0.530. The maximum absolute atomic E-state index is 10.4. The van der Waals surface area contributed by atoms with E-state index >= 15 is 0 Å². The summed E-state index contributed by atoms with van der Waals surface area (Å²) in [5, 5.41) is 0. The molecule has 0 aliphatic heterocycles. The van der Waals surface area contributed by atoms with Crippen molar-refractivity contribution in [3.63, 3.8) is 0 Å². The van der Waals surface area contributed by atoms with Gasteiger partial charge in [-0.2, -0.15) is 0 Å². The van der Waals surface area contributed by atoms with Crippen LogP contribution in [0.5, 0.6) is 5.75 Å². The zero-order chi connectivity index (χ0) is 8.97. The summed E-state index contributed by atoms with van der Waals surface area (Å²) in [7, 11) is 1.53. The molecule has 0 aromatic heterocycles. The summed E-state index contributed by atoms with van der Waals surface area (Å²) in [4.78, 5) is 10.4. The Morgan fingerprint density at radius 1 is 1.50 bits per heavy atom. The Labute approximate surface area is 71.2 Å². The summed E-state index contributed by atoms with van der Waals surface area (Å²) in [6.45, 7) is 0. The standard InChI is InChI=1S/C10H8O2/c1-3-8-4-9(7-11)6-10(5-8)12-2/h1,4-7H,2H3. The second kappa shape index (κ2) is 3.59. The fourth-order valence-electron chi connectivity index (χ4n) is 0.891. The van der Waals surface area contributed by atoms with Gasteiger partial charge in [0.1, 0.15) is 12.0 Å². The summed E-state index contributed by atoms with van der Waals surface area (Å²) in [6, 6.07) is 4.97. The lowest BCUT2D eigenvalue weighted by Gasteiger charge is -2.00. The number of carbonyl (C=O) groups excluding carboxylic acids is 1. The quantitative estimate of drug-likeness (QED) is 0.484. The van der Waals surface area contributed by atoms with Gasteiger partial charge in [-0.1, -0.05) is 5.92 Å². The number of hydrogen-bond donors (Lipinski definition) is 0. The largest absolute Gasteiger partial charge is 0.497 e. The molecule has 0 heterocycles. The van der Waals surface area contributed by atoms with Crippen LogP contribution in [0.3, 0.4) is 0 Å². The molecule has 1 aromatic carbocycles. The molecule has 0 aliphatic carbocycles. The molecule has 0 radical (unpaired) electrons. The van der Waals surface area contributed by atoms with Crippen molar-refractivity contribution in [3.05, 3.63) is 29.3 Å². The van der Waals surface area contributed by atoms with Crippen LogP contribution in [-0.2, 0) is 0 Å². The monoisotopic (exact) mass is 160 g/mol. The molecule has 0 fully saturated rings. The molecule has 0 saturated carbocycles. The molecule has 1 aromatic rings. The van der Waals surface area contributed by atoms with Crippen molar-refractivity contribution in [1.29, 1.82) is 0 Å². The van der Waals surface area contributed by atoms with Gasteiger partial charge >= 0.3 is 0 Å². The van der Waals surface area contributed by atoms with E-state index in [-0.39, 0.29) is 0 Å². The zero-order valence-electron chi connectivity index (χ0n) is 6.70. The molecule has 0 bridgehead atoms. The lowest BCUT2D eigenvalue weighted by atomic mass is 10.1. The highest BCUT2D eigenvalue weighted by molar-refractivity contribution is 5.76. The van der Waals surface area contributed by atoms with E-state index in [4.69, 9.17) is 11.2 Å². The van der Waals surface area contributed by atoms with Crippen LogP contribution in [0.25, 0.3) is 0 Å². The Morgan fingerprint density at radius 2 is 2.25 bits per heavy atom. The first kappa shape index (κ1) is 8.35. The Morgan fingerprint density at radius 3 is 2.75 bits per heavy atom. The van der Waals surface area contributed by atoms with Crippen molar-refractivity contribution < 1.29 is 9.53 Å². The van der Waals surface area contributed by atoms with Crippen molar-refractivity contribution in [2.75, 3.05) is 7.11 Å². The molecular weight excluding hydrogens is 152 g/mol. The molecule has 12 heavy (non-hydrogen) atoms. The number of hydrogen-bond acceptors (Lipinski definition) is 2. The van der Waals surface area contributed by atoms with E-state index in [0.29, 0.717) is 16.9 Å². The third kappa shape index (κ3) is 1.64. The number of ether oxygens (including phenoxy) is 1. The van der Waals surface area contributed by atoms with Gasteiger partial charge < -0.3 is 4.74 Å². The Bertz CT molecular complexity index is 334. The first-order chi connectivity index (χ1) is 5.80. The summed E-state index contributed by atoms with van der Waals surface area (Å²) < 4.78 is 4.94. The third-order valence-electron chi connectivity index (χ3n) is 1.47. The highest BCUT2D eigenvalue weighted by atomic mass is 16.5. The van der Waals surface area contributed by atoms with Crippen LogP contribution in [0.1, 0.15) is 15.9 Å². The number of benzene rings is 1. The van der Waals surface area contributed by atoms with Gasteiger partial charge in [-0.15, -0.1) is 6.42 Å². The molecule has 0 aliphatic rings. The lowest BCUT2D eigenvalue weighted by molar-refractivity contribution is 0.112. The Balaban J connectivity index is 3.21. The molecule has 1 rings (SSSR count). The number of terminal acetylenes is 1. The number of methoxy groups -OCH3 is 1. The van der Waals surface area contributed by atoms with Gasteiger partial charge in [-0.05, 0) is 18.2 Å². The van der Waals surface area contributed by atoms with Crippen LogP contribution in [0.2, 0.25) is 0 Å². The van der Waals surface area contributed by atoms with Gasteiger partial charge in [0.05, 0.1) is 7.11 Å². The Hall–Kier alpha value is -1.75. The predicted octanol–water partition coefficient (Wildman–Crippen LogP) is 1.49. The molecule has 0 amide bonds. The molecular formula is C10H8O2. The second-order valence-electron chi connectivity index (χ2n) is 2.26. The summed E-state index contributed by atoms with van der Waals surface area (Å²) >= 11 is 0. The predicted molar refractivity (Wildman–Crippen MR) is 46.3 cm³/mol. The molecule has 2 nitrogen and oxygen atoms in total. The number of rotatable bonds is 2. The molecule has 0 saturated heterocycles. The number of aldehydes is 1. The molecule has 0 unspecified atom stereocenters. The van der Waals surface area contributed by atoms with Crippen LogP contribution in [-0.4, -0.2) is 13.4 Å². The van der Waals surface area contributed by atoms with Crippen LogP contribution in [0.4, 0.5) is 0 Å². The van der Waals surface area contributed by atoms with Gasteiger partial charge in [0, 0.05) is 11.1 Å². The van der Waals surface area contributed by atoms with E-state index in [0.717, 1.165) is 6.29 Å². The maximum atomic E-state index is 10.4. The Kier molecular flexibility index (Phi) is 2.49. The molecule has 2 heteroatoms. The van der Waals surface area contributed by atoms with E-state index in [2.05, 4.69) is 5.92 Å². The summed E-state index contributed by atoms with van der Waals surface area (Å²) in [6.07, 6.45) is 5.91. The van der Waals surface area contributed by atoms with E-state index in [9.17, 15) is 4.79 Å². The normalized spacial score (nSPS) is 8.67. The minimum Gasteiger partial charge on any atom is -0.497 e. The van der Waals surface area contributed by atoms with E-state index in [1.54, 1.807) is 18.2 Å². The fourth-order valence-corrected chi connectivity index (χ4v) is 0.891. The molecule has 0 spiro atoms. The SMILES string of the molecule is C#Cc1cc(C=O)cc(OC)c1. The average molecular weight is 160 g/mol. The van der Waals surface area contributed by atoms with Gasteiger partial charge in [-0.25, -0.2) is 0 Å². The van der Waals surface area contributed by atoms with Crippen molar-refractivity contribution in [2.24, 2.45) is 0 Å². The number of carbonyl (C=O) groups is 1. The van der Waals surface area contributed by atoms with E-state index in [1.807, 2.05) is 0 Å². The van der Waals surface area contributed by atoms with Crippen molar-refractivity contribution >= 4 is 6.29 Å². The first-order valence-electron chi connectivity index (χ1n) is 3.41. The highest BCUT2D eigenvalue weighted by Crippen LogP contribution is 2.14. The summed E-state index contributed by atoms with van der Waals surface area (Å²) in [5.74, 6) is 3.04. The van der Waals surface area contributed by atoms with Crippen molar-refractivity contribution in [2.45, 2.75) is 0 Å². The van der Waals surface area contributed by atoms with Gasteiger partial charge in [0.25, 0.3) is 0 Å². The van der Waals surface area contributed by atoms with Gasteiger partial charge in [0.15, 0.2) is 0 Å². The fraction of sp³-hybridized carbons (Fsp3) is 0.100. The van der Waals surface area contributed by atoms with Crippen LogP contribution < -0.4 is 4.74 Å². The van der Waals surface area contributed by atoms with E-state index < -0.39 is 0 Å². The summed E-state index contributed by atoms with van der Waals surface area (Å²) in [5.41, 5.74) is 1.18. The molecule has 0 N–H and O–H groups in total. The van der Waals surface area contributed by atoms with E-state index in [1.165, 1.54) is 7.11 Å².